The van der Waals surface area contributed by atoms with Crippen LogP contribution in [-0.4, -0.2) is 79.8 Å². The maximum atomic E-state index is 12.8. The average molecular weight is 552 g/mol. The van der Waals surface area contributed by atoms with Crippen molar-refractivity contribution in [2.75, 3.05) is 43.9 Å². The van der Waals surface area contributed by atoms with Crippen LogP contribution in [0.5, 0.6) is 0 Å². The van der Waals surface area contributed by atoms with Gasteiger partial charge in [0, 0.05) is 25.8 Å². The molecule has 0 aromatic carbocycles. The second-order valence-electron chi connectivity index (χ2n) is 8.02. The van der Waals surface area contributed by atoms with E-state index >= 15 is 0 Å². The summed E-state index contributed by atoms with van der Waals surface area (Å²) in [7, 11) is -7.06. The smallest absolute Gasteiger partial charge is 0.287 e. The molecule has 4 heterocycles. The van der Waals surface area contributed by atoms with E-state index in [4.69, 9.17) is 27.9 Å². The summed E-state index contributed by atoms with van der Waals surface area (Å²) in [4.78, 5) is 16.7. The highest BCUT2D eigenvalue weighted by Gasteiger charge is 2.32. The number of piperidine rings is 1. The minimum absolute atomic E-state index is 0.0438. The fourth-order valence-electron chi connectivity index (χ4n) is 3.87. The molecule has 1 unspecified atom stereocenters. The van der Waals surface area contributed by atoms with Gasteiger partial charge in [-0.05, 0) is 25.0 Å². The summed E-state index contributed by atoms with van der Waals surface area (Å²) in [6.07, 6.45) is 3.38. The Balaban J connectivity index is 1.42. The minimum Gasteiger partial charge on any atom is -0.381 e. The molecule has 2 aliphatic heterocycles. The minimum atomic E-state index is -3.78. The van der Waals surface area contributed by atoms with Crippen molar-refractivity contribution in [2.24, 2.45) is 0 Å². The van der Waals surface area contributed by atoms with Gasteiger partial charge in [-0.1, -0.05) is 23.2 Å². The standard InChI is InChI=1S/C19H23Cl2N5O6S2/c20-13-1-2-17(23-9-13)34(30,31)25-5-3-14(4-6-25)26-19(27)18(21)16(11-24-26)22-10-15-12-32-7-8-33(15,28)29/h1-2,9,11,14-15,22H,3-8,10,12H2. The van der Waals surface area contributed by atoms with Crippen LogP contribution in [-0.2, 0) is 24.6 Å². The van der Waals surface area contributed by atoms with E-state index in [9.17, 15) is 21.6 Å². The summed E-state index contributed by atoms with van der Waals surface area (Å²) in [5.74, 6) is -0.0462. The van der Waals surface area contributed by atoms with Crippen molar-refractivity contribution in [3.8, 4) is 0 Å². The van der Waals surface area contributed by atoms with Gasteiger partial charge in [0.2, 0.25) is 0 Å². The Morgan fingerprint density at radius 3 is 2.56 bits per heavy atom. The van der Waals surface area contributed by atoms with Gasteiger partial charge in [-0.25, -0.2) is 26.5 Å². The predicted molar refractivity (Wildman–Crippen MR) is 127 cm³/mol. The van der Waals surface area contributed by atoms with Crippen molar-refractivity contribution in [3.63, 3.8) is 0 Å². The first kappa shape index (κ1) is 25.3. The molecule has 2 fully saturated rings. The zero-order chi connectivity index (χ0) is 24.5. The molecule has 4 rings (SSSR count). The van der Waals surface area contributed by atoms with E-state index in [2.05, 4.69) is 15.4 Å². The van der Waals surface area contributed by atoms with Gasteiger partial charge >= 0.3 is 0 Å². The van der Waals surface area contributed by atoms with Crippen LogP contribution >= 0.6 is 23.2 Å². The number of nitrogens with one attached hydrogen (secondary N) is 1. The highest BCUT2D eigenvalue weighted by molar-refractivity contribution is 7.92. The molecular weight excluding hydrogens is 529 g/mol. The van der Waals surface area contributed by atoms with Crippen molar-refractivity contribution < 1.29 is 21.6 Å². The Morgan fingerprint density at radius 2 is 1.91 bits per heavy atom. The summed E-state index contributed by atoms with van der Waals surface area (Å²) >= 11 is 12.0. The number of hydrogen-bond donors (Lipinski definition) is 1. The van der Waals surface area contributed by atoms with Crippen LogP contribution in [0.1, 0.15) is 18.9 Å². The highest BCUT2D eigenvalue weighted by Crippen LogP contribution is 2.26. The second kappa shape index (κ2) is 10.1. The summed E-state index contributed by atoms with van der Waals surface area (Å²) in [6, 6.07) is 2.48. The molecular formula is C19H23Cl2N5O6S2. The third kappa shape index (κ3) is 5.24. The Kier molecular flexibility index (Phi) is 7.50. The number of aromatic nitrogens is 3. The quantitative estimate of drug-likeness (QED) is 0.560. The number of anilines is 1. The van der Waals surface area contributed by atoms with Crippen molar-refractivity contribution in [1.82, 2.24) is 19.1 Å². The van der Waals surface area contributed by atoms with Crippen molar-refractivity contribution in [2.45, 2.75) is 29.2 Å². The summed E-state index contributed by atoms with van der Waals surface area (Å²) in [6.45, 7) is 0.658. The van der Waals surface area contributed by atoms with E-state index in [1.165, 1.54) is 33.5 Å². The largest absolute Gasteiger partial charge is 0.381 e. The van der Waals surface area contributed by atoms with Gasteiger partial charge in [0.05, 0.1) is 41.9 Å². The van der Waals surface area contributed by atoms with Crippen LogP contribution in [0.15, 0.2) is 34.3 Å². The van der Waals surface area contributed by atoms with Gasteiger partial charge < -0.3 is 10.1 Å². The molecule has 0 spiro atoms. The fraction of sp³-hybridized carbons (Fsp3) is 0.526. The van der Waals surface area contributed by atoms with E-state index in [0.717, 1.165) is 0 Å². The normalized spacial score (nSPS) is 21.9. The molecule has 11 nitrogen and oxygen atoms in total. The molecule has 0 radical (unpaired) electrons. The molecule has 1 N–H and O–H groups in total. The number of ether oxygens (including phenoxy) is 1. The predicted octanol–water partition coefficient (Wildman–Crippen LogP) is 1.20. The topological polar surface area (TPSA) is 141 Å². The first-order valence-corrected chi connectivity index (χ1v) is 14.4. The second-order valence-corrected chi connectivity index (χ2v) is 13.1. The van der Waals surface area contributed by atoms with Crippen LogP contribution in [0, 0.1) is 0 Å². The number of rotatable bonds is 6. The zero-order valence-electron chi connectivity index (χ0n) is 17.9. The average Bonchev–Trinajstić information content (AvgIpc) is 2.81. The van der Waals surface area contributed by atoms with E-state index in [0.29, 0.717) is 17.9 Å². The lowest BCUT2D eigenvalue weighted by atomic mass is 10.1. The molecule has 1 atom stereocenters. The highest BCUT2D eigenvalue weighted by atomic mass is 35.5. The number of halogens is 2. The van der Waals surface area contributed by atoms with E-state index in [1.807, 2.05) is 0 Å². The maximum Gasteiger partial charge on any atom is 0.287 e. The summed E-state index contributed by atoms with van der Waals surface area (Å²) in [5, 5.41) is 6.50. The van der Waals surface area contributed by atoms with Crippen LogP contribution in [0.3, 0.4) is 0 Å². The zero-order valence-corrected chi connectivity index (χ0v) is 21.1. The van der Waals surface area contributed by atoms with Crippen molar-refractivity contribution in [1.29, 1.82) is 0 Å². The Hall–Kier alpha value is -1.77. The molecule has 0 bridgehead atoms. The lowest BCUT2D eigenvalue weighted by Gasteiger charge is -2.31. The summed E-state index contributed by atoms with van der Waals surface area (Å²) < 4.78 is 57.7. The first-order chi connectivity index (χ1) is 16.1. The van der Waals surface area contributed by atoms with Crippen LogP contribution in [0.4, 0.5) is 5.69 Å². The number of sulfone groups is 1. The molecule has 2 aliphatic rings. The monoisotopic (exact) mass is 551 g/mol. The third-order valence-electron chi connectivity index (χ3n) is 5.86. The van der Waals surface area contributed by atoms with Gasteiger partial charge in [-0.2, -0.15) is 9.40 Å². The molecule has 34 heavy (non-hydrogen) atoms. The maximum absolute atomic E-state index is 12.8. The van der Waals surface area contributed by atoms with E-state index in [-0.39, 0.29) is 60.4 Å². The molecule has 15 heteroatoms. The van der Waals surface area contributed by atoms with Gasteiger partial charge in [0.1, 0.15) is 10.3 Å². The lowest BCUT2D eigenvalue weighted by molar-refractivity contribution is 0.140. The van der Waals surface area contributed by atoms with Gasteiger partial charge in [0.25, 0.3) is 15.6 Å². The molecule has 2 aromatic rings. The molecule has 2 aromatic heterocycles. The first-order valence-electron chi connectivity index (χ1n) is 10.5. The molecule has 0 amide bonds. The molecule has 0 saturated carbocycles. The number of hydrogen-bond acceptors (Lipinski definition) is 9. The van der Waals surface area contributed by atoms with Gasteiger partial charge in [-0.3, -0.25) is 4.79 Å². The Morgan fingerprint density at radius 1 is 1.18 bits per heavy atom. The van der Waals surface area contributed by atoms with Crippen LogP contribution in [0.2, 0.25) is 10.0 Å². The van der Waals surface area contributed by atoms with E-state index in [1.54, 1.807) is 0 Å². The van der Waals surface area contributed by atoms with Crippen molar-refractivity contribution >= 4 is 48.7 Å². The molecule has 186 valence electrons. The Bertz CT molecular complexity index is 1310. The summed E-state index contributed by atoms with van der Waals surface area (Å²) in [5.41, 5.74) is -0.299. The molecule has 2 saturated heterocycles. The van der Waals surface area contributed by atoms with Gasteiger partial charge in [0.15, 0.2) is 14.9 Å². The van der Waals surface area contributed by atoms with E-state index < -0.39 is 30.7 Å². The number of nitrogens with zero attached hydrogens (tertiary/aromatic N) is 4. The Labute approximate surface area is 207 Å². The SMILES string of the molecule is O=c1c(Cl)c(NCC2COCCS2(=O)=O)cnn1C1CCN(S(=O)(=O)c2ccc(Cl)cn2)CC1. The van der Waals surface area contributed by atoms with Crippen LogP contribution in [0.25, 0.3) is 0 Å². The van der Waals surface area contributed by atoms with Crippen LogP contribution < -0.4 is 10.9 Å². The third-order valence-corrected chi connectivity index (χ3v) is 10.3. The van der Waals surface area contributed by atoms with Gasteiger partial charge in [-0.15, -0.1) is 0 Å². The molecule has 0 aliphatic carbocycles. The number of sulfonamides is 1. The lowest BCUT2D eigenvalue weighted by Crippen LogP contribution is -2.42. The number of pyridine rings is 1. The fourth-order valence-corrected chi connectivity index (χ4v) is 6.89. The van der Waals surface area contributed by atoms with Crippen molar-refractivity contribution in [3.05, 3.63) is 44.9 Å².